The number of rotatable bonds is 4. The third kappa shape index (κ3) is 5.49. The summed E-state index contributed by atoms with van der Waals surface area (Å²) in [6.07, 6.45) is 2.20. The van der Waals surface area contributed by atoms with Crippen molar-refractivity contribution < 1.29 is 9.59 Å². The monoisotopic (exact) mass is 388 g/mol. The molecule has 3 N–H and O–H groups in total. The molecule has 1 saturated carbocycles. The maximum Gasteiger partial charge on any atom is 0.254 e. The maximum atomic E-state index is 12.5. The number of hydrogen-bond acceptors (Lipinski definition) is 4. The summed E-state index contributed by atoms with van der Waals surface area (Å²) in [5.41, 5.74) is 6.96. The molecule has 1 aromatic rings. The predicted octanol–water partition coefficient (Wildman–Crippen LogP) is 1.54. The van der Waals surface area contributed by atoms with E-state index in [-0.39, 0.29) is 42.7 Å². The van der Waals surface area contributed by atoms with Gasteiger partial charge in [0, 0.05) is 43.5 Å². The second-order valence-electron chi connectivity index (χ2n) is 6.41. The van der Waals surface area contributed by atoms with Crippen molar-refractivity contribution in [3.8, 4) is 0 Å². The lowest BCUT2D eigenvalue weighted by atomic mass is 10.1. The summed E-state index contributed by atoms with van der Waals surface area (Å²) in [7, 11) is 0. The molecule has 0 radical (unpaired) electrons. The minimum absolute atomic E-state index is 0. The van der Waals surface area contributed by atoms with Gasteiger partial charge in [-0.15, -0.1) is 24.8 Å². The molecule has 3 rings (SSSR count). The van der Waals surface area contributed by atoms with Crippen LogP contribution in [-0.4, -0.2) is 59.9 Å². The van der Waals surface area contributed by atoms with E-state index in [2.05, 4.69) is 10.2 Å². The van der Waals surface area contributed by atoms with Crippen LogP contribution in [-0.2, 0) is 4.79 Å². The number of nitrogens with one attached hydrogen (secondary N) is 1. The Labute approximate surface area is 160 Å². The molecular formula is C17H26Cl2N4O2. The average Bonchev–Trinajstić information content (AvgIpc) is 3.37. The first-order valence-electron chi connectivity index (χ1n) is 8.24. The Morgan fingerprint density at radius 2 is 1.80 bits per heavy atom. The van der Waals surface area contributed by atoms with E-state index in [4.69, 9.17) is 5.73 Å². The van der Waals surface area contributed by atoms with Gasteiger partial charge in [-0.3, -0.25) is 14.5 Å². The van der Waals surface area contributed by atoms with Crippen LogP contribution in [0.2, 0.25) is 0 Å². The highest BCUT2D eigenvalue weighted by molar-refractivity contribution is 5.95. The molecular weight excluding hydrogens is 363 g/mol. The van der Waals surface area contributed by atoms with Crippen LogP contribution in [0.4, 0.5) is 5.69 Å². The maximum absolute atomic E-state index is 12.5. The summed E-state index contributed by atoms with van der Waals surface area (Å²) in [6.45, 7) is 4.64. The average molecular weight is 389 g/mol. The van der Waals surface area contributed by atoms with Crippen LogP contribution in [0.5, 0.6) is 0 Å². The standard InChI is InChI=1S/C17H24N4O2.2ClH/c1-12(16(22)19-15-5-6-15)20-7-9-21(10-8-20)17(23)13-3-2-4-14(18)11-13;;/h2-4,11-12,15H,5-10,18H2,1H3,(H,19,22);2*1H. The van der Waals surface area contributed by atoms with Gasteiger partial charge in [0.25, 0.3) is 5.91 Å². The zero-order valence-corrected chi connectivity index (χ0v) is 15.9. The zero-order valence-electron chi connectivity index (χ0n) is 14.3. The van der Waals surface area contributed by atoms with E-state index in [0.717, 1.165) is 12.8 Å². The highest BCUT2D eigenvalue weighted by Gasteiger charge is 2.31. The van der Waals surface area contributed by atoms with Gasteiger partial charge in [0.05, 0.1) is 6.04 Å². The molecule has 6 nitrogen and oxygen atoms in total. The Hall–Kier alpha value is -1.50. The third-order valence-electron chi connectivity index (χ3n) is 4.59. The Balaban J connectivity index is 0.00000156. The second kappa shape index (κ2) is 9.27. The Kier molecular flexibility index (Phi) is 7.99. The van der Waals surface area contributed by atoms with Gasteiger partial charge in [-0.25, -0.2) is 0 Å². The van der Waals surface area contributed by atoms with Gasteiger partial charge in [-0.2, -0.15) is 0 Å². The lowest BCUT2D eigenvalue weighted by Crippen LogP contribution is -2.55. The number of halogens is 2. The fraction of sp³-hybridized carbons (Fsp3) is 0.529. The predicted molar refractivity (Wildman–Crippen MR) is 103 cm³/mol. The fourth-order valence-electron chi connectivity index (χ4n) is 2.88. The first-order chi connectivity index (χ1) is 11.0. The third-order valence-corrected chi connectivity index (χ3v) is 4.59. The van der Waals surface area contributed by atoms with Crippen molar-refractivity contribution in [3.63, 3.8) is 0 Å². The summed E-state index contributed by atoms with van der Waals surface area (Å²) in [6, 6.07) is 7.31. The topological polar surface area (TPSA) is 78.7 Å². The summed E-state index contributed by atoms with van der Waals surface area (Å²) in [4.78, 5) is 28.6. The van der Waals surface area contributed by atoms with Gasteiger partial charge in [0.2, 0.25) is 5.91 Å². The zero-order chi connectivity index (χ0) is 16.4. The van der Waals surface area contributed by atoms with Gasteiger partial charge in [-0.1, -0.05) is 6.07 Å². The molecule has 0 aromatic heterocycles. The second-order valence-corrected chi connectivity index (χ2v) is 6.41. The normalized spacial score (nSPS) is 18.5. The van der Waals surface area contributed by atoms with E-state index in [1.54, 1.807) is 24.3 Å². The van der Waals surface area contributed by atoms with Crippen LogP contribution in [0.1, 0.15) is 30.1 Å². The lowest BCUT2D eigenvalue weighted by molar-refractivity contribution is -0.126. The van der Waals surface area contributed by atoms with Gasteiger partial charge < -0.3 is 16.0 Å². The van der Waals surface area contributed by atoms with Crippen molar-refractivity contribution in [2.24, 2.45) is 0 Å². The molecule has 0 spiro atoms. The van der Waals surface area contributed by atoms with E-state index < -0.39 is 0 Å². The van der Waals surface area contributed by atoms with E-state index in [0.29, 0.717) is 43.5 Å². The van der Waals surface area contributed by atoms with Crippen molar-refractivity contribution >= 4 is 42.3 Å². The number of anilines is 1. The van der Waals surface area contributed by atoms with Crippen molar-refractivity contribution in [1.82, 2.24) is 15.1 Å². The first-order valence-corrected chi connectivity index (χ1v) is 8.24. The molecule has 1 aliphatic carbocycles. The highest BCUT2D eigenvalue weighted by atomic mass is 35.5. The number of nitrogens with zero attached hydrogens (tertiary/aromatic N) is 2. The van der Waals surface area contributed by atoms with Gasteiger partial charge >= 0.3 is 0 Å². The highest BCUT2D eigenvalue weighted by Crippen LogP contribution is 2.19. The Bertz CT molecular complexity index is 602. The van der Waals surface area contributed by atoms with Crippen molar-refractivity contribution in [2.45, 2.75) is 31.8 Å². The quantitative estimate of drug-likeness (QED) is 0.766. The van der Waals surface area contributed by atoms with E-state index in [1.165, 1.54) is 0 Å². The van der Waals surface area contributed by atoms with Gasteiger partial charge in [-0.05, 0) is 38.0 Å². The minimum Gasteiger partial charge on any atom is -0.399 e. The molecule has 8 heteroatoms. The molecule has 1 heterocycles. The van der Waals surface area contributed by atoms with E-state index in [1.807, 2.05) is 11.8 Å². The summed E-state index contributed by atoms with van der Waals surface area (Å²) in [5.74, 6) is 0.107. The molecule has 1 aromatic carbocycles. The van der Waals surface area contributed by atoms with Crippen molar-refractivity contribution in [2.75, 3.05) is 31.9 Å². The number of nitrogens with two attached hydrogens (primary N) is 1. The van der Waals surface area contributed by atoms with Gasteiger partial charge in [0.15, 0.2) is 0 Å². The van der Waals surface area contributed by atoms with Crippen LogP contribution >= 0.6 is 24.8 Å². The molecule has 25 heavy (non-hydrogen) atoms. The largest absolute Gasteiger partial charge is 0.399 e. The summed E-state index contributed by atoms with van der Waals surface area (Å²) < 4.78 is 0. The molecule has 2 fully saturated rings. The summed E-state index contributed by atoms with van der Waals surface area (Å²) in [5, 5.41) is 3.04. The number of piperazine rings is 1. The molecule has 140 valence electrons. The number of carbonyl (C=O) groups is 2. The number of nitrogen functional groups attached to an aromatic ring is 1. The molecule has 1 atom stereocenters. The van der Waals surface area contributed by atoms with Crippen LogP contribution in [0.3, 0.4) is 0 Å². The molecule has 1 saturated heterocycles. The minimum atomic E-state index is -0.139. The van der Waals surface area contributed by atoms with Crippen LogP contribution < -0.4 is 11.1 Å². The smallest absolute Gasteiger partial charge is 0.254 e. The SMILES string of the molecule is CC(C(=O)NC1CC1)N1CCN(C(=O)c2cccc(N)c2)CC1.Cl.Cl. The molecule has 1 aliphatic heterocycles. The molecule has 1 unspecified atom stereocenters. The molecule has 2 aliphatic rings. The van der Waals surface area contributed by atoms with Crippen LogP contribution in [0, 0.1) is 0 Å². The lowest BCUT2D eigenvalue weighted by Gasteiger charge is -2.37. The summed E-state index contributed by atoms with van der Waals surface area (Å²) >= 11 is 0. The number of carbonyl (C=O) groups excluding carboxylic acids is 2. The van der Waals surface area contributed by atoms with Crippen molar-refractivity contribution in [3.05, 3.63) is 29.8 Å². The van der Waals surface area contributed by atoms with E-state index in [9.17, 15) is 9.59 Å². The van der Waals surface area contributed by atoms with Crippen LogP contribution in [0.25, 0.3) is 0 Å². The number of amides is 2. The Morgan fingerprint density at radius 1 is 1.16 bits per heavy atom. The first kappa shape index (κ1) is 21.5. The number of hydrogen-bond donors (Lipinski definition) is 2. The van der Waals surface area contributed by atoms with Gasteiger partial charge in [0.1, 0.15) is 0 Å². The fourth-order valence-corrected chi connectivity index (χ4v) is 2.88. The molecule has 0 bridgehead atoms. The van der Waals surface area contributed by atoms with Crippen LogP contribution in [0.15, 0.2) is 24.3 Å². The van der Waals surface area contributed by atoms with Crippen molar-refractivity contribution in [1.29, 1.82) is 0 Å². The van der Waals surface area contributed by atoms with E-state index >= 15 is 0 Å². The molecule has 2 amide bonds. The Morgan fingerprint density at radius 3 is 2.36 bits per heavy atom. The number of benzene rings is 1.